The van der Waals surface area contributed by atoms with Crippen molar-refractivity contribution in [3.05, 3.63) is 59.0 Å². The summed E-state index contributed by atoms with van der Waals surface area (Å²) in [5, 5.41) is 9.61. The van der Waals surface area contributed by atoms with Gasteiger partial charge >= 0.3 is 0 Å². The fraction of sp³-hybridized carbons (Fsp3) is 0.300. The minimum atomic E-state index is -0.243. The molecule has 0 spiro atoms. The second-order valence-electron chi connectivity index (χ2n) is 6.70. The number of hydrogen-bond acceptors (Lipinski definition) is 7. The summed E-state index contributed by atoms with van der Waals surface area (Å²) in [5.41, 5.74) is 0.610. The van der Waals surface area contributed by atoms with Crippen LogP contribution in [0.15, 0.2) is 47.8 Å². The van der Waals surface area contributed by atoms with Crippen molar-refractivity contribution in [1.29, 1.82) is 5.26 Å². The first-order valence-electron chi connectivity index (χ1n) is 9.25. The molecule has 1 aromatic carbocycles. The molecule has 0 saturated carbocycles. The van der Waals surface area contributed by atoms with Crippen molar-refractivity contribution in [2.24, 2.45) is 0 Å². The molecule has 0 bridgehead atoms. The highest BCUT2D eigenvalue weighted by molar-refractivity contribution is 5.77. The Hall–Kier alpha value is -3.80. The van der Waals surface area contributed by atoms with Gasteiger partial charge in [-0.1, -0.05) is 12.1 Å². The van der Waals surface area contributed by atoms with Gasteiger partial charge in [-0.2, -0.15) is 5.26 Å². The lowest BCUT2D eigenvalue weighted by molar-refractivity contribution is -0.130. The lowest BCUT2D eigenvalue weighted by Gasteiger charge is -2.17. The third-order valence-electron chi connectivity index (χ3n) is 4.84. The molecule has 0 N–H and O–H groups in total. The highest BCUT2D eigenvalue weighted by Crippen LogP contribution is 2.19. The van der Waals surface area contributed by atoms with E-state index in [0.29, 0.717) is 30.4 Å². The van der Waals surface area contributed by atoms with Gasteiger partial charge in [0, 0.05) is 38.3 Å². The zero-order chi connectivity index (χ0) is 20.2. The number of hydrogen-bond donors (Lipinski definition) is 0. The largest absolute Gasteiger partial charge is 0.470 e. The second kappa shape index (κ2) is 8.06. The van der Waals surface area contributed by atoms with Crippen molar-refractivity contribution < 1.29 is 9.53 Å². The lowest BCUT2D eigenvalue weighted by Crippen LogP contribution is -2.32. The molecule has 1 saturated heterocycles. The Bertz CT molecular complexity index is 1150. The van der Waals surface area contributed by atoms with Crippen molar-refractivity contribution >= 4 is 16.8 Å². The highest BCUT2D eigenvalue weighted by Gasteiger charge is 2.28. The fourth-order valence-corrected chi connectivity index (χ4v) is 3.34. The van der Waals surface area contributed by atoms with Gasteiger partial charge in [-0.3, -0.25) is 14.2 Å². The van der Waals surface area contributed by atoms with Crippen molar-refractivity contribution in [1.82, 2.24) is 24.4 Å². The number of para-hydroxylation sites is 1. The third-order valence-corrected chi connectivity index (χ3v) is 4.84. The topological polar surface area (TPSA) is 114 Å². The van der Waals surface area contributed by atoms with Gasteiger partial charge in [-0.15, -0.1) is 0 Å². The average molecular weight is 390 g/mol. The number of nitriles is 1. The van der Waals surface area contributed by atoms with Gasteiger partial charge < -0.3 is 9.64 Å². The summed E-state index contributed by atoms with van der Waals surface area (Å²) in [6.07, 6.45) is 4.97. The van der Waals surface area contributed by atoms with Gasteiger partial charge in [0.05, 0.1) is 23.8 Å². The van der Waals surface area contributed by atoms with E-state index in [9.17, 15) is 9.59 Å². The van der Waals surface area contributed by atoms with Crippen LogP contribution >= 0.6 is 0 Å². The van der Waals surface area contributed by atoms with Crippen molar-refractivity contribution in [3.8, 4) is 11.9 Å². The molecule has 1 fully saturated rings. The molecule has 1 aliphatic heterocycles. The smallest absolute Gasteiger partial charge is 0.261 e. The molecule has 3 heterocycles. The summed E-state index contributed by atoms with van der Waals surface area (Å²) in [5.74, 6) is 0.124. The molecule has 3 aromatic rings. The molecular formula is C20H18N6O3. The Kier molecular flexibility index (Phi) is 5.16. The van der Waals surface area contributed by atoms with E-state index < -0.39 is 0 Å². The number of rotatable bonds is 5. The van der Waals surface area contributed by atoms with E-state index in [4.69, 9.17) is 10.00 Å². The summed E-state index contributed by atoms with van der Waals surface area (Å²) >= 11 is 0. The molecule has 4 rings (SSSR count). The van der Waals surface area contributed by atoms with Crippen LogP contribution in [-0.2, 0) is 11.3 Å². The van der Waals surface area contributed by atoms with Gasteiger partial charge in [0.2, 0.25) is 11.6 Å². The Morgan fingerprint density at radius 1 is 1.24 bits per heavy atom. The molecule has 1 amide bonds. The number of amides is 1. The van der Waals surface area contributed by atoms with Crippen LogP contribution in [0, 0.1) is 11.3 Å². The SMILES string of the molecule is N#Cc1nccnc1OC1CCN(C(=O)CCn2cnc3ccccc3c2=O)C1. The number of ether oxygens (including phenoxy) is 1. The molecular weight excluding hydrogens is 372 g/mol. The van der Waals surface area contributed by atoms with Crippen molar-refractivity contribution in [3.63, 3.8) is 0 Å². The molecule has 146 valence electrons. The number of aryl methyl sites for hydroxylation is 1. The van der Waals surface area contributed by atoms with Gasteiger partial charge in [0.25, 0.3) is 11.4 Å². The van der Waals surface area contributed by atoms with Crippen LogP contribution < -0.4 is 10.3 Å². The first-order valence-corrected chi connectivity index (χ1v) is 9.25. The van der Waals surface area contributed by atoms with Gasteiger partial charge in [-0.05, 0) is 12.1 Å². The quantitative estimate of drug-likeness (QED) is 0.641. The Balaban J connectivity index is 1.36. The lowest BCUT2D eigenvalue weighted by atomic mass is 10.2. The van der Waals surface area contributed by atoms with Crippen LogP contribution in [0.3, 0.4) is 0 Å². The number of fused-ring (bicyclic) bond motifs is 1. The second-order valence-corrected chi connectivity index (χ2v) is 6.70. The van der Waals surface area contributed by atoms with Crippen LogP contribution in [-0.4, -0.2) is 49.5 Å². The molecule has 9 nitrogen and oxygen atoms in total. The van der Waals surface area contributed by atoms with Crippen LogP contribution in [0.4, 0.5) is 0 Å². The van der Waals surface area contributed by atoms with E-state index in [1.807, 2.05) is 12.1 Å². The monoisotopic (exact) mass is 390 g/mol. The molecule has 9 heteroatoms. The average Bonchev–Trinajstić information content (AvgIpc) is 3.22. The van der Waals surface area contributed by atoms with Crippen LogP contribution in [0.2, 0.25) is 0 Å². The zero-order valence-corrected chi connectivity index (χ0v) is 15.6. The van der Waals surface area contributed by atoms with E-state index in [1.165, 1.54) is 23.3 Å². The Labute approximate surface area is 166 Å². The minimum Gasteiger partial charge on any atom is -0.470 e. The number of benzene rings is 1. The molecule has 29 heavy (non-hydrogen) atoms. The Morgan fingerprint density at radius 3 is 2.93 bits per heavy atom. The molecule has 1 atom stereocenters. The van der Waals surface area contributed by atoms with E-state index >= 15 is 0 Å². The number of nitrogens with zero attached hydrogens (tertiary/aromatic N) is 6. The van der Waals surface area contributed by atoms with Crippen LogP contribution in [0.25, 0.3) is 10.9 Å². The van der Waals surface area contributed by atoms with E-state index in [1.54, 1.807) is 23.1 Å². The first kappa shape index (κ1) is 18.6. The molecule has 1 unspecified atom stereocenters. The number of carbonyl (C=O) groups excluding carboxylic acids is 1. The maximum Gasteiger partial charge on any atom is 0.261 e. The van der Waals surface area contributed by atoms with E-state index in [2.05, 4.69) is 15.0 Å². The Morgan fingerprint density at radius 2 is 2.07 bits per heavy atom. The number of aromatic nitrogens is 4. The third kappa shape index (κ3) is 3.91. The maximum atomic E-state index is 12.6. The van der Waals surface area contributed by atoms with Crippen molar-refractivity contribution in [2.75, 3.05) is 13.1 Å². The van der Waals surface area contributed by atoms with Gasteiger partial charge in [-0.25, -0.2) is 15.0 Å². The molecule has 0 aliphatic carbocycles. The molecule has 1 aliphatic rings. The first-order chi connectivity index (χ1) is 14.2. The fourth-order valence-electron chi connectivity index (χ4n) is 3.34. The normalized spacial score (nSPS) is 16.0. The van der Waals surface area contributed by atoms with Crippen molar-refractivity contribution in [2.45, 2.75) is 25.5 Å². The summed E-state index contributed by atoms with van der Waals surface area (Å²) < 4.78 is 7.21. The standard InChI is InChI=1S/C20H18N6O3/c21-11-17-19(23-8-7-22-17)29-14-5-9-25(12-14)18(27)6-10-26-13-24-16-4-2-1-3-15(16)20(26)28/h1-4,7-8,13-14H,5-6,9-10,12H2. The zero-order valence-electron chi connectivity index (χ0n) is 15.6. The predicted octanol–water partition coefficient (Wildman–Crippen LogP) is 1.13. The summed E-state index contributed by atoms with van der Waals surface area (Å²) in [6, 6.07) is 9.08. The van der Waals surface area contributed by atoms with Gasteiger partial charge in [0.15, 0.2) is 0 Å². The van der Waals surface area contributed by atoms with Crippen LogP contribution in [0.1, 0.15) is 18.5 Å². The van der Waals surface area contributed by atoms with E-state index in [-0.39, 0.29) is 42.1 Å². The molecule has 0 radical (unpaired) electrons. The highest BCUT2D eigenvalue weighted by atomic mass is 16.5. The number of carbonyl (C=O) groups is 1. The summed E-state index contributed by atoms with van der Waals surface area (Å²) in [6.45, 7) is 1.22. The number of likely N-dealkylation sites (tertiary alicyclic amines) is 1. The summed E-state index contributed by atoms with van der Waals surface area (Å²) in [7, 11) is 0. The van der Waals surface area contributed by atoms with Crippen LogP contribution in [0.5, 0.6) is 5.88 Å². The minimum absolute atomic E-state index is 0.0594. The maximum absolute atomic E-state index is 12.6. The predicted molar refractivity (Wildman–Crippen MR) is 103 cm³/mol. The summed E-state index contributed by atoms with van der Waals surface area (Å²) in [4.78, 5) is 39.0. The molecule has 2 aromatic heterocycles. The van der Waals surface area contributed by atoms with E-state index in [0.717, 1.165) is 0 Å². The van der Waals surface area contributed by atoms with Gasteiger partial charge in [0.1, 0.15) is 12.2 Å².